The monoisotopic (exact) mass is 641 g/mol. The van der Waals surface area contributed by atoms with E-state index in [2.05, 4.69) is 30.8 Å². The second kappa shape index (κ2) is 15.4. The van der Waals surface area contributed by atoms with Crippen LogP contribution >= 0.6 is 11.3 Å². The van der Waals surface area contributed by atoms with E-state index in [1.165, 1.54) is 17.8 Å². The number of fused-ring (bicyclic) bond motifs is 1. The molecule has 46 heavy (non-hydrogen) atoms. The fourth-order valence-electron chi connectivity index (χ4n) is 5.60. The van der Waals surface area contributed by atoms with Crippen LogP contribution < -0.4 is 16.0 Å². The molecular formula is C34H39N7O4S. The van der Waals surface area contributed by atoms with E-state index in [0.717, 1.165) is 53.5 Å². The first-order valence-electron chi connectivity index (χ1n) is 15.6. The molecule has 4 aromatic rings. The number of aromatic amines is 1. The van der Waals surface area contributed by atoms with Gasteiger partial charge in [-0.2, -0.15) is 0 Å². The smallest absolute Gasteiger partial charge is 0.243 e. The van der Waals surface area contributed by atoms with Crippen molar-refractivity contribution in [1.29, 1.82) is 5.41 Å². The number of carbonyl (C=O) groups is 4. The zero-order valence-corrected chi connectivity index (χ0v) is 26.6. The lowest BCUT2D eigenvalue weighted by molar-refractivity contribution is -0.130. The van der Waals surface area contributed by atoms with E-state index in [9.17, 15) is 19.2 Å². The zero-order valence-electron chi connectivity index (χ0n) is 25.8. The maximum absolute atomic E-state index is 13.3. The van der Waals surface area contributed by atoms with Crippen molar-refractivity contribution in [1.82, 2.24) is 30.8 Å². The number of amidine groups is 1. The predicted octanol–water partition coefficient (Wildman–Crippen LogP) is 3.60. The third-order valence-corrected chi connectivity index (χ3v) is 8.92. The molecule has 5 rings (SSSR count). The summed E-state index contributed by atoms with van der Waals surface area (Å²) in [6.07, 6.45) is 7.37. The van der Waals surface area contributed by atoms with Crippen molar-refractivity contribution in [3.63, 3.8) is 0 Å². The van der Waals surface area contributed by atoms with Gasteiger partial charge in [0.15, 0.2) is 5.01 Å². The lowest BCUT2D eigenvalue weighted by Crippen LogP contribution is -2.51. The molecule has 1 aliphatic rings. The number of nitrogens with zero attached hydrogens (tertiary/aromatic N) is 2. The molecular weight excluding hydrogens is 602 g/mol. The number of ketones is 1. The molecule has 1 aliphatic heterocycles. The van der Waals surface area contributed by atoms with Gasteiger partial charge in [-0.05, 0) is 36.5 Å². The van der Waals surface area contributed by atoms with Gasteiger partial charge in [-0.1, -0.05) is 49.4 Å². The van der Waals surface area contributed by atoms with Crippen LogP contribution in [0.3, 0.4) is 0 Å². The Bertz CT molecular complexity index is 1680. The van der Waals surface area contributed by atoms with Gasteiger partial charge in [-0.3, -0.25) is 24.6 Å². The Labute approximate surface area is 271 Å². The van der Waals surface area contributed by atoms with E-state index >= 15 is 0 Å². The summed E-state index contributed by atoms with van der Waals surface area (Å²) in [4.78, 5) is 61.4. The Morgan fingerprint density at radius 2 is 1.70 bits per heavy atom. The number of amides is 3. The van der Waals surface area contributed by atoms with E-state index in [1.807, 2.05) is 54.7 Å². The molecule has 12 heteroatoms. The highest BCUT2D eigenvalue weighted by molar-refractivity contribution is 7.11. The summed E-state index contributed by atoms with van der Waals surface area (Å²) in [5, 5.41) is 19.7. The third kappa shape index (κ3) is 8.25. The highest BCUT2D eigenvalue weighted by atomic mass is 32.1. The van der Waals surface area contributed by atoms with E-state index in [0.29, 0.717) is 5.84 Å². The maximum Gasteiger partial charge on any atom is 0.243 e. The Hall–Kier alpha value is -4.84. The van der Waals surface area contributed by atoms with Crippen LogP contribution in [0.15, 0.2) is 66.3 Å². The van der Waals surface area contributed by atoms with Gasteiger partial charge in [-0.25, -0.2) is 4.98 Å². The molecule has 0 radical (unpaired) electrons. The number of thiazole rings is 1. The zero-order chi connectivity index (χ0) is 32.5. The van der Waals surface area contributed by atoms with Crippen molar-refractivity contribution in [2.24, 2.45) is 0 Å². The van der Waals surface area contributed by atoms with Crippen LogP contribution in [0.2, 0.25) is 0 Å². The van der Waals surface area contributed by atoms with Gasteiger partial charge in [0.05, 0.1) is 12.6 Å². The lowest BCUT2D eigenvalue weighted by atomic mass is 10.0. The topological polar surface area (TPSA) is 160 Å². The second-order valence-corrected chi connectivity index (χ2v) is 12.3. The number of benzene rings is 2. The van der Waals surface area contributed by atoms with Gasteiger partial charge in [-0.15, -0.1) is 11.3 Å². The number of para-hydroxylation sites is 1. The number of aromatic nitrogens is 2. The molecule has 0 spiro atoms. The molecule has 1 fully saturated rings. The van der Waals surface area contributed by atoms with E-state index in [1.54, 1.807) is 18.5 Å². The molecule has 2 unspecified atom stereocenters. The molecule has 0 saturated carbocycles. The minimum atomic E-state index is -0.911. The van der Waals surface area contributed by atoms with Crippen LogP contribution in [-0.2, 0) is 27.2 Å². The number of hydrogen-bond donors (Lipinski definition) is 5. The molecule has 0 aliphatic carbocycles. The first-order chi connectivity index (χ1) is 22.3. The van der Waals surface area contributed by atoms with Crippen LogP contribution in [0, 0.1) is 5.41 Å². The van der Waals surface area contributed by atoms with Crippen LogP contribution in [0.25, 0.3) is 10.9 Å². The van der Waals surface area contributed by atoms with E-state index < -0.39 is 23.9 Å². The van der Waals surface area contributed by atoms with Crippen molar-refractivity contribution < 1.29 is 19.2 Å². The van der Waals surface area contributed by atoms with Gasteiger partial charge in [0, 0.05) is 66.6 Å². The van der Waals surface area contributed by atoms with Crippen molar-refractivity contribution in [3.05, 3.63) is 88.0 Å². The number of hydrogen-bond acceptors (Lipinski definition) is 7. The quantitative estimate of drug-likeness (QED) is 0.0852. The van der Waals surface area contributed by atoms with Gasteiger partial charge in [0.1, 0.15) is 11.9 Å². The molecule has 3 heterocycles. The Balaban J connectivity index is 1.22. The minimum absolute atomic E-state index is 0.199. The van der Waals surface area contributed by atoms with Crippen LogP contribution in [0.5, 0.6) is 0 Å². The molecule has 2 aromatic carbocycles. The summed E-state index contributed by atoms with van der Waals surface area (Å²) >= 11 is 1.20. The fourth-order valence-corrected chi connectivity index (χ4v) is 6.23. The summed E-state index contributed by atoms with van der Waals surface area (Å²) in [6, 6.07) is 13.4. The minimum Gasteiger partial charge on any atom is -0.361 e. The van der Waals surface area contributed by atoms with Gasteiger partial charge in [0.2, 0.25) is 23.5 Å². The maximum atomic E-state index is 13.3. The second-order valence-electron chi connectivity index (χ2n) is 11.4. The molecule has 11 nitrogen and oxygen atoms in total. The third-order valence-electron chi connectivity index (χ3n) is 8.13. The predicted molar refractivity (Wildman–Crippen MR) is 178 cm³/mol. The largest absolute Gasteiger partial charge is 0.361 e. The van der Waals surface area contributed by atoms with Gasteiger partial charge >= 0.3 is 0 Å². The first kappa shape index (κ1) is 32.6. The number of piperidine rings is 1. The lowest BCUT2D eigenvalue weighted by Gasteiger charge is -2.29. The van der Waals surface area contributed by atoms with Crippen molar-refractivity contribution in [3.8, 4) is 0 Å². The van der Waals surface area contributed by atoms with Crippen LogP contribution in [0.1, 0.15) is 59.1 Å². The summed E-state index contributed by atoms with van der Waals surface area (Å²) < 4.78 is 0. The highest BCUT2D eigenvalue weighted by Gasteiger charge is 2.27. The molecule has 3 amide bonds. The van der Waals surface area contributed by atoms with Crippen molar-refractivity contribution in [2.45, 2.75) is 57.5 Å². The van der Waals surface area contributed by atoms with E-state index in [4.69, 9.17) is 5.41 Å². The SMILES string of the molecule is CCC(=O)NC(Cc1ccc(C(=N)N2CCCCC2)cc1)C(=O)NCC(=O)NC(Cc1c[nH]c2ccccc12)C(=O)c1nccs1. The molecule has 240 valence electrons. The number of nitrogens with one attached hydrogen (secondary N) is 5. The standard InChI is InChI=1S/C34H39N7O4S/c1-2-29(42)40-28(18-22-10-12-23(13-11-22)32(35)41-15-6-3-7-16-41)33(45)38-21-30(43)39-27(31(44)34-36-14-17-46-34)19-24-20-37-26-9-5-4-8-25(24)26/h4-5,8-14,17,20,27-28,35,37H,2-3,6-7,15-16,18-19,21H2,1H3,(H,38,45)(H,39,43)(H,40,42). The Morgan fingerprint density at radius 3 is 2.41 bits per heavy atom. The average molecular weight is 642 g/mol. The van der Waals surface area contributed by atoms with Crippen molar-refractivity contribution >= 4 is 51.6 Å². The Kier molecular flexibility index (Phi) is 10.9. The van der Waals surface area contributed by atoms with Crippen LogP contribution in [0.4, 0.5) is 0 Å². The average Bonchev–Trinajstić information content (AvgIpc) is 3.78. The molecule has 0 bridgehead atoms. The number of Topliss-reactive ketones (excluding diaryl/α,β-unsaturated/α-hetero) is 1. The molecule has 2 aromatic heterocycles. The summed E-state index contributed by atoms with van der Waals surface area (Å²) in [6.45, 7) is 3.08. The van der Waals surface area contributed by atoms with Gasteiger partial charge in [0.25, 0.3) is 0 Å². The van der Waals surface area contributed by atoms with Crippen LogP contribution in [-0.4, -0.2) is 75.9 Å². The molecule has 1 saturated heterocycles. The van der Waals surface area contributed by atoms with Gasteiger partial charge < -0.3 is 25.8 Å². The normalized spacial score (nSPS) is 14.3. The summed E-state index contributed by atoms with van der Waals surface area (Å²) in [5.74, 6) is -1.17. The summed E-state index contributed by atoms with van der Waals surface area (Å²) in [7, 11) is 0. The number of rotatable bonds is 13. The number of H-pyrrole nitrogens is 1. The fraction of sp³-hybridized carbons (Fsp3) is 0.353. The number of carbonyl (C=O) groups excluding carboxylic acids is 4. The molecule has 5 N–H and O–H groups in total. The number of likely N-dealkylation sites (tertiary alicyclic amines) is 1. The first-order valence-corrected chi connectivity index (χ1v) is 16.5. The highest BCUT2D eigenvalue weighted by Crippen LogP contribution is 2.21. The summed E-state index contributed by atoms with van der Waals surface area (Å²) in [5.41, 5.74) is 3.40. The van der Waals surface area contributed by atoms with Crippen molar-refractivity contribution in [2.75, 3.05) is 19.6 Å². The van der Waals surface area contributed by atoms with E-state index in [-0.39, 0.29) is 42.5 Å². The molecule has 2 atom stereocenters. The Morgan fingerprint density at radius 1 is 0.957 bits per heavy atom.